The van der Waals surface area contributed by atoms with Crippen LogP contribution in [0.1, 0.15) is 19.8 Å². The molecule has 0 radical (unpaired) electrons. The average molecular weight is 452 g/mol. The van der Waals surface area contributed by atoms with Gasteiger partial charge in [-0.3, -0.25) is 19.2 Å². The van der Waals surface area contributed by atoms with Gasteiger partial charge in [-0.1, -0.05) is 0 Å². The highest BCUT2D eigenvalue weighted by Gasteiger charge is 2.33. The van der Waals surface area contributed by atoms with Crippen molar-refractivity contribution in [2.75, 3.05) is 18.6 Å². The molecule has 0 aromatic carbocycles. The van der Waals surface area contributed by atoms with Crippen LogP contribution in [-0.4, -0.2) is 99.0 Å². The SMILES string of the molecule is CSCCC(N)C(=O)NC(CO)C(=O)NC(C(=O)NC(CC(=O)O)C(=O)O)C(C)O. The molecule has 14 heteroatoms. The Morgan fingerprint density at radius 2 is 1.53 bits per heavy atom. The number of carbonyl (C=O) groups excluding carboxylic acids is 3. The maximum atomic E-state index is 12.3. The molecule has 9 N–H and O–H groups in total. The third kappa shape index (κ3) is 9.87. The van der Waals surface area contributed by atoms with Crippen LogP contribution in [0.5, 0.6) is 0 Å². The first-order valence-electron chi connectivity index (χ1n) is 8.83. The fraction of sp³-hybridized carbons (Fsp3) is 0.688. The van der Waals surface area contributed by atoms with Crippen molar-refractivity contribution in [3.8, 4) is 0 Å². The second-order valence-electron chi connectivity index (χ2n) is 6.36. The first-order chi connectivity index (χ1) is 13.9. The maximum absolute atomic E-state index is 12.3. The zero-order valence-electron chi connectivity index (χ0n) is 16.5. The van der Waals surface area contributed by atoms with Gasteiger partial charge in [-0.25, -0.2) is 4.79 Å². The molecule has 30 heavy (non-hydrogen) atoms. The molecule has 0 bridgehead atoms. The summed E-state index contributed by atoms with van der Waals surface area (Å²) < 4.78 is 0. The summed E-state index contributed by atoms with van der Waals surface area (Å²) in [5.41, 5.74) is 5.68. The van der Waals surface area contributed by atoms with Crippen LogP contribution in [-0.2, 0) is 24.0 Å². The number of aliphatic hydroxyl groups is 2. The van der Waals surface area contributed by atoms with Gasteiger partial charge in [0.1, 0.15) is 18.1 Å². The molecule has 0 rings (SSSR count). The Hall–Kier alpha value is -2.42. The van der Waals surface area contributed by atoms with E-state index in [4.69, 9.17) is 15.9 Å². The lowest BCUT2D eigenvalue weighted by Crippen LogP contribution is -2.60. The summed E-state index contributed by atoms with van der Waals surface area (Å²) in [5.74, 6) is -5.41. The Balaban J connectivity index is 5.14. The summed E-state index contributed by atoms with van der Waals surface area (Å²) in [7, 11) is 0. The smallest absolute Gasteiger partial charge is 0.326 e. The standard InChI is InChI=1S/C16H28N4O9S/c1-7(22)12(15(27)18-9(16(28)29)5-11(23)24)20-14(26)10(6-21)19-13(25)8(17)3-4-30-2/h7-10,12,21-22H,3-6,17H2,1-2H3,(H,18,27)(H,19,25)(H,20,26)(H,23,24)(H,28,29). The Bertz CT molecular complexity index is 632. The average Bonchev–Trinajstić information content (AvgIpc) is 2.66. The number of nitrogens with one attached hydrogen (secondary N) is 3. The molecule has 5 atom stereocenters. The van der Waals surface area contributed by atoms with Gasteiger partial charge in [0.25, 0.3) is 0 Å². The molecule has 0 spiro atoms. The molecule has 5 unspecified atom stereocenters. The Kier molecular flexibility index (Phi) is 12.6. The number of rotatable bonds is 14. The van der Waals surface area contributed by atoms with E-state index in [2.05, 4.69) is 10.6 Å². The van der Waals surface area contributed by atoms with E-state index < -0.39 is 73.0 Å². The summed E-state index contributed by atoms with van der Waals surface area (Å²) in [6, 6.07) is -5.89. The second-order valence-corrected chi connectivity index (χ2v) is 7.34. The van der Waals surface area contributed by atoms with Crippen LogP contribution in [0.2, 0.25) is 0 Å². The normalized spacial score (nSPS) is 15.8. The Morgan fingerprint density at radius 1 is 0.967 bits per heavy atom. The van der Waals surface area contributed by atoms with E-state index in [1.165, 1.54) is 11.8 Å². The first kappa shape index (κ1) is 27.6. The minimum atomic E-state index is -1.80. The van der Waals surface area contributed by atoms with Crippen molar-refractivity contribution in [1.29, 1.82) is 0 Å². The predicted octanol–water partition coefficient (Wildman–Crippen LogP) is -3.55. The van der Waals surface area contributed by atoms with Gasteiger partial charge in [0, 0.05) is 0 Å². The van der Waals surface area contributed by atoms with Crippen molar-refractivity contribution in [3.05, 3.63) is 0 Å². The Labute approximate surface area is 176 Å². The largest absolute Gasteiger partial charge is 0.481 e. The zero-order chi connectivity index (χ0) is 23.4. The molecule has 3 amide bonds. The van der Waals surface area contributed by atoms with Crippen LogP contribution in [0.25, 0.3) is 0 Å². The van der Waals surface area contributed by atoms with Crippen molar-refractivity contribution >= 4 is 41.4 Å². The zero-order valence-corrected chi connectivity index (χ0v) is 17.3. The summed E-state index contributed by atoms with van der Waals surface area (Å²) in [6.45, 7) is 0.292. The molecule has 0 aliphatic heterocycles. The van der Waals surface area contributed by atoms with Gasteiger partial charge < -0.3 is 42.1 Å². The minimum Gasteiger partial charge on any atom is -0.481 e. The lowest BCUT2D eigenvalue weighted by Gasteiger charge is -2.25. The topological polar surface area (TPSA) is 228 Å². The van der Waals surface area contributed by atoms with Crippen molar-refractivity contribution in [2.45, 2.75) is 50.0 Å². The number of hydrogen-bond donors (Lipinski definition) is 8. The molecule has 0 fully saturated rings. The van der Waals surface area contributed by atoms with Crippen molar-refractivity contribution < 1.29 is 44.4 Å². The first-order valence-corrected chi connectivity index (χ1v) is 10.2. The van der Waals surface area contributed by atoms with Gasteiger partial charge in [0.05, 0.1) is 25.2 Å². The Morgan fingerprint density at radius 3 is 1.97 bits per heavy atom. The van der Waals surface area contributed by atoms with E-state index in [9.17, 15) is 34.2 Å². The highest BCUT2D eigenvalue weighted by molar-refractivity contribution is 7.98. The maximum Gasteiger partial charge on any atom is 0.326 e. The molecular formula is C16H28N4O9S. The number of carbonyl (C=O) groups is 5. The van der Waals surface area contributed by atoms with Crippen LogP contribution in [0, 0.1) is 0 Å². The van der Waals surface area contributed by atoms with Crippen LogP contribution in [0.15, 0.2) is 0 Å². The molecule has 0 saturated carbocycles. The number of hydrogen-bond acceptors (Lipinski definition) is 9. The van der Waals surface area contributed by atoms with Crippen LogP contribution in [0.4, 0.5) is 0 Å². The lowest BCUT2D eigenvalue weighted by atomic mass is 10.1. The number of aliphatic hydroxyl groups excluding tert-OH is 2. The van der Waals surface area contributed by atoms with Crippen molar-refractivity contribution in [1.82, 2.24) is 16.0 Å². The molecule has 0 aliphatic rings. The number of carboxylic acids is 2. The minimum absolute atomic E-state index is 0.325. The highest BCUT2D eigenvalue weighted by Crippen LogP contribution is 2.01. The molecule has 172 valence electrons. The van der Waals surface area contributed by atoms with Gasteiger partial charge in [0.15, 0.2) is 0 Å². The van der Waals surface area contributed by atoms with Gasteiger partial charge in [-0.15, -0.1) is 0 Å². The fourth-order valence-corrected chi connectivity index (χ4v) is 2.63. The van der Waals surface area contributed by atoms with Crippen LogP contribution >= 0.6 is 11.8 Å². The monoisotopic (exact) mass is 452 g/mol. The molecular weight excluding hydrogens is 424 g/mol. The molecule has 0 aliphatic carbocycles. The fourth-order valence-electron chi connectivity index (χ4n) is 2.14. The summed E-state index contributed by atoms with van der Waals surface area (Å²) in [4.78, 5) is 58.4. The van der Waals surface area contributed by atoms with Gasteiger partial charge in [-0.2, -0.15) is 11.8 Å². The summed E-state index contributed by atoms with van der Waals surface area (Å²) in [6.07, 6.45) is -0.287. The van der Waals surface area contributed by atoms with E-state index >= 15 is 0 Å². The van der Waals surface area contributed by atoms with Gasteiger partial charge >= 0.3 is 11.9 Å². The number of amides is 3. The van der Waals surface area contributed by atoms with Crippen molar-refractivity contribution in [3.63, 3.8) is 0 Å². The van der Waals surface area contributed by atoms with E-state index in [1.807, 2.05) is 11.6 Å². The van der Waals surface area contributed by atoms with Crippen LogP contribution in [0.3, 0.4) is 0 Å². The molecule has 13 nitrogen and oxygen atoms in total. The number of carboxylic acid groups (broad SMARTS) is 2. The predicted molar refractivity (Wildman–Crippen MR) is 105 cm³/mol. The van der Waals surface area contributed by atoms with Gasteiger partial charge in [0.2, 0.25) is 17.7 Å². The van der Waals surface area contributed by atoms with Crippen LogP contribution < -0.4 is 21.7 Å². The molecule has 0 saturated heterocycles. The highest BCUT2D eigenvalue weighted by atomic mass is 32.2. The third-order valence-corrected chi connectivity index (χ3v) is 4.49. The van der Waals surface area contributed by atoms with E-state index in [1.54, 1.807) is 0 Å². The third-order valence-electron chi connectivity index (χ3n) is 3.84. The summed E-state index contributed by atoms with van der Waals surface area (Å²) in [5, 5.41) is 43.1. The second kappa shape index (κ2) is 13.7. The number of nitrogens with two attached hydrogens (primary N) is 1. The molecule has 0 aromatic rings. The van der Waals surface area contributed by atoms with Crippen molar-refractivity contribution in [2.24, 2.45) is 5.73 Å². The molecule has 0 heterocycles. The van der Waals surface area contributed by atoms with E-state index in [0.717, 1.165) is 6.92 Å². The van der Waals surface area contributed by atoms with Gasteiger partial charge in [-0.05, 0) is 25.4 Å². The number of aliphatic carboxylic acids is 2. The lowest BCUT2D eigenvalue weighted by molar-refractivity contribution is -0.148. The summed E-state index contributed by atoms with van der Waals surface area (Å²) >= 11 is 1.46. The quantitative estimate of drug-likeness (QED) is 0.129. The molecule has 0 aromatic heterocycles. The number of thioether (sulfide) groups is 1. The van der Waals surface area contributed by atoms with E-state index in [0.29, 0.717) is 12.2 Å². The van der Waals surface area contributed by atoms with E-state index in [-0.39, 0.29) is 0 Å².